The molecule has 0 aliphatic rings. The van der Waals surface area contributed by atoms with Crippen LogP contribution in [0.3, 0.4) is 0 Å². The molecule has 9 heteroatoms. The summed E-state index contributed by atoms with van der Waals surface area (Å²) in [6.45, 7) is 0. The Labute approximate surface area is 175 Å². The maximum absolute atomic E-state index is 13.7. The lowest BCUT2D eigenvalue weighted by atomic mass is 9.96. The average Bonchev–Trinajstić information content (AvgIpc) is 2.73. The normalized spacial score (nSPS) is 11.6. The monoisotopic (exact) mass is 443 g/mol. The fourth-order valence-electron chi connectivity index (χ4n) is 3.46. The van der Waals surface area contributed by atoms with Crippen molar-refractivity contribution >= 4 is 21.0 Å². The molecule has 0 aliphatic carbocycles. The summed E-state index contributed by atoms with van der Waals surface area (Å²) in [4.78, 5) is 13.9. The van der Waals surface area contributed by atoms with Gasteiger partial charge in [0.1, 0.15) is 10.6 Å². The Hall–Kier alpha value is -3.56. The van der Waals surface area contributed by atoms with Crippen molar-refractivity contribution in [2.24, 2.45) is 0 Å². The zero-order valence-electron chi connectivity index (χ0n) is 16.0. The highest BCUT2D eigenvalue weighted by atomic mass is 32.2. The molecule has 0 fully saturated rings. The molecule has 0 radical (unpaired) electrons. The highest BCUT2D eigenvalue weighted by Crippen LogP contribution is 2.40. The molecule has 1 aromatic heterocycles. The van der Waals surface area contributed by atoms with Crippen LogP contribution in [0.5, 0.6) is 5.75 Å². The molecule has 3 aromatic carbocycles. The van der Waals surface area contributed by atoms with Crippen molar-refractivity contribution in [1.29, 1.82) is 0 Å². The molecule has 0 amide bonds. The van der Waals surface area contributed by atoms with Gasteiger partial charge in [-0.1, -0.05) is 12.1 Å². The number of methoxy groups -OCH3 is 1. The number of aromatic amines is 1. The highest BCUT2D eigenvalue weighted by Gasteiger charge is 2.22. The minimum atomic E-state index is -4.62. The van der Waals surface area contributed by atoms with Gasteiger partial charge in [0.05, 0.1) is 7.11 Å². The Morgan fingerprint density at radius 3 is 2.29 bits per heavy atom. The van der Waals surface area contributed by atoms with Gasteiger partial charge in [-0.25, -0.2) is 8.78 Å². The number of pyridine rings is 1. The standard InChI is InChI=1S/C22H15F2NO5S/c1-30-19-11-13(12-3-6-16(23)17(24)10-12)2-4-15(19)22-14-5-9-21(26)25-18(14)7-8-20(22)31(27,28)29/h2-11H,1H3,(H,25,26)(H,27,28,29). The van der Waals surface area contributed by atoms with Crippen LogP contribution < -0.4 is 10.3 Å². The molecule has 0 saturated heterocycles. The van der Waals surface area contributed by atoms with E-state index in [-0.39, 0.29) is 21.8 Å². The minimum absolute atomic E-state index is 0.130. The third-order valence-corrected chi connectivity index (χ3v) is 5.76. The number of nitrogens with one attached hydrogen (secondary N) is 1. The minimum Gasteiger partial charge on any atom is -0.496 e. The topological polar surface area (TPSA) is 96.5 Å². The molecule has 0 saturated carbocycles. The summed E-state index contributed by atoms with van der Waals surface area (Å²) in [6.07, 6.45) is 0. The molecule has 0 bridgehead atoms. The fourth-order valence-corrected chi connectivity index (χ4v) is 4.18. The maximum atomic E-state index is 13.7. The van der Waals surface area contributed by atoms with E-state index in [0.29, 0.717) is 27.6 Å². The lowest BCUT2D eigenvalue weighted by Gasteiger charge is -2.16. The number of hydrogen-bond donors (Lipinski definition) is 2. The molecule has 0 aliphatic heterocycles. The molecule has 6 nitrogen and oxygen atoms in total. The van der Waals surface area contributed by atoms with Crippen LogP contribution in [0.4, 0.5) is 8.78 Å². The molecular formula is C22H15F2NO5S. The Morgan fingerprint density at radius 2 is 1.61 bits per heavy atom. The number of benzene rings is 3. The smallest absolute Gasteiger partial charge is 0.295 e. The summed E-state index contributed by atoms with van der Waals surface area (Å²) < 4.78 is 66.3. The van der Waals surface area contributed by atoms with Crippen molar-refractivity contribution in [2.75, 3.05) is 7.11 Å². The molecule has 4 aromatic rings. The van der Waals surface area contributed by atoms with Gasteiger partial charge in [-0.05, 0) is 53.6 Å². The van der Waals surface area contributed by atoms with E-state index < -0.39 is 21.8 Å². The molecule has 0 unspecified atom stereocenters. The van der Waals surface area contributed by atoms with Crippen LogP contribution >= 0.6 is 0 Å². The first-order valence-corrected chi connectivity index (χ1v) is 10.4. The Kier molecular flexibility index (Phi) is 5.08. The van der Waals surface area contributed by atoms with Gasteiger partial charge >= 0.3 is 0 Å². The second-order valence-corrected chi connectivity index (χ2v) is 8.13. The molecular weight excluding hydrogens is 428 g/mol. The zero-order valence-corrected chi connectivity index (χ0v) is 16.8. The predicted octanol–water partition coefficient (Wildman–Crippen LogP) is 4.40. The highest BCUT2D eigenvalue weighted by molar-refractivity contribution is 7.86. The molecule has 0 spiro atoms. The van der Waals surface area contributed by atoms with Gasteiger partial charge in [0.15, 0.2) is 11.6 Å². The van der Waals surface area contributed by atoms with Crippen LogP contribution in [-0.4, -0.2) is 25.1 Å². The van der Waals surface area contributed by atoms with E-state index in [0.717, 1.165) is 12.1 Å². The summed E-state index contributed by atoms with van der Waals surface area (Å²) in [5.74, 6) is -1.76. The first-order chi connectivity index (χ1) is 14.7. The lowest BCUT2D eigenvalue weighted by Crippen LogP contribution is -2.06. The zero-order chi connectivity index (χ0) is 22.3. The summed E-state index contributed by atoms with van der Waals surface area (Å²) >= 11 is 0. The Morgan fingerprint density at radius 1 is 0.903 bits per heavy atom. The van der Waals surface area contributed by atoms with Gasteiger partial charge in [0.2, 0.25) is 5.56 Å². The van der Waals surface area contributed by atoms with Crippen LogP contribution in [0, 0.1) is 11.6 Å². The molecule has 0 atom stereocenters. The van der Waals surface area contributed by atoms with Crippen molar-refractivity contribution in [3.8, 4) is 28.0 Å². The third-order valence-electron chi connectivity index (χ3n) is 4.87. The van der Waals surface area contributed by atoms with Gasteiger partial charge in [-0.15, -0.1) is 0 Å². The van der Waals surface area contributed by atoms with Crippen molar-refractivity contribution in [2.45, 2.75) is 4.90 Å². The molecule has 2 N–H and O–H groups in total. The molecule has 4 rings (SSSR count). The summed E-state index contributed by atoms with van der Waals surface area (Å²) in [7, 11) is -3.25. The second kappa shape index (κ2) is 7.60. The van der Waals surface area contributed by atoms with E-state index in [9.17, 15) is 26.5 Å². The van der Waals surface area contributed by atoms with Gasteiger partial charge in [-0.3, -0.25) is 9.35 Å². The maximum Gasteiger partial charge on any atom is 0.295 e. The van der Waals surface area contributed by atoms with E-state index in [1.54, 1.807) is 18.2 Å². The van der Waals surface area contributed by atoms with Crippen molar-refractivity contribution in [3.05, 3.63) is 82.7 Å². The van der Waals surface area contributed by atoms with E-state index in [1.165, 1.54) is 37.4 Å². The number of hydrogen-bond acceptors (Lipinski definition) is 4. The number of fused-ring (bicyclic) bond motifs is 1. The number of ether oxygens (including phenoxy) is 1. The summed E-state index contributed by atoms with van der Waals surface area (Å²) in [5, 5.41) is 0.369. The van der Waals surface area contributed by atoms with Gasteiger partial charge in [0, 0.05) is 28.1 Å². The fraction of sp³-hybridized carbons (Fsp3) is 0.0455. The number of rotatable bonds is 4. The molecule has 1 heterocycles. The van der Waals surface area contributed by atoms with Gasteiger partial charge in [-0.2, -0.15) is 8.42 Å². The SMILES string of the molecule is COc1cc(-c2ccc(F)c(F)c2)ccc1-c1c(S(=O)(=O)O)ccc2[nH]c(=O)ccc12. The van der Waals surface area contributed by atoms with Crippen LogP contribution in [0.15, 0.2) is 70.4 Å². The first-order valence-electron chi connectivity index (χ1n) is 8.96. The van der Waals surface area contributed by atoms with Crippen LogP contribution in [-0.2, 0) is 10.1 Å². The lowest BCUT2D eigenvalue weighted by molar-refractivity contribution is 0.416. The van der Waals surface area contributed by atoms with Crippen molar-refractivity contribution in [3.63, 3.8) is 0 Å². The Bertz CT molecular complexity index is 1500. The molecule has 31 heavy (non-hydrogen) atoms. The van der Waals surface area contributed by atoms with E-state index >= 15 is 0 Å². The summed E-state index contributed by atoms with van der Waals surface area (Å²) in [5.41, 5.74) is 1.33. The van der Waals surface area contributed by atoms with Crippen molar-refractivity contribution < 1.29 is 26.5 Å². The number of H-pyrrole nitrogens is 1. The second-order valence-electron chi connectivity index (χ2n) is 6.74. The Balaban J connectivity index is 2.01. The quantitative estimate of drug-likeness (QED) is 0.456. The van der Waals surface area contributed by atoms with E-state index in [2.05, 4.69) is 4.98 Å². The average molecular weight is 443 g/mol. The van der Waals surface area contributed by atoms with Gasteiger partial charge in [0.25, 0.3) is 10.1 Å². The first kappa shape index (κ1) is 20.7. The number of halogens is 2. The van der Waals surface area contributed by atoms with Crippen LogP contribution in [0.2, 0.25) is 0 Å². The van der Waals surface area contributed by atoms with Gasteiger partial charge < -0.3 is 9.72 Å². The molecule has 158 valence electrons. The number of aromatic nitrogens is 1. The third kappa shape index (κ3) is 3.80. The summed E-state index contributed by atoms with van der Waals surface area (Å²) in [6, 6.07) is 13.4. The van der Waals surface area contributed by atoms with Crippen LogP contribution in [0.1, 0.15) is 0 Å². The van der Waals surface area contributed by atoms with Crippen LogP contribution in [0.25, 0.3) is 33.2 Å². The van der Waals surface area contributed by atoms with E-state index in [1.807, 2.05) is 0 Å². The largest absolute Gasteiger partial charge is 0.496 e. The van der Waals surface area contributed by atoms with Crippen molar-refractivity contribution in [1.82, 2.24) is 4.98 Å². The predicted molar refractivity (Wildman–Crippen MR) is 112 cm³/mol. The van der Waals surface area contributed by atoms with E-state index in [4.69, 9.17) is 4.74 Å².